The van der Waals surface area contributed by atoms with Gasteiger partial charge in [0.2, 0.25) is 0 Å². The zero-order valence-corrected chi connectivity index (χ0v) is 11.7. The molecule has 4 heteroatoms. The molecule has 19 heavy (non-hydrogen) atoms. The topological polar surface area (TPSA) is 29.1 Å². The highest BCUT2D eigenvalue weighted by molar-refractivity contribution is 9.09. The number of hydrogen-bond acceptors (Lipinski definition) is 1. The maximum atomic E-state index is 13.4. The smallest absolute Gasteiger partial charge is 0.254 e. The Morgan fingerprint density at radius 2 is 1.74 bits per heavy atom. The van der Waals surface area contributed by atoms with E-state index >= 15 is 0 Å². The van der Waals surface area contributed by atoms with Crippen molar-refractivity contribution in [2.45, 2.75) is 4.83 Å². The molecule has 2 nitrogen and oxygen atoms in total. The fourth-order valence-corrected chi connectivity index (χ4v) is 2.17. The predicted octanol–water partition coefficient (Wildman–Crippen LogP) is 3.69. The summed E-state index contributed by atoms with van der Waals surface area (Å²) < 4.78 is 13.4. The third kappa shape index (κ3) is 3.64. The molecule has 0 saturated carbocycles. The lowest BCUT2D eigenvalue weighted by Gasteiger charge is -2.11. The van der Waals surface area contributed by atoms with Crippen molar-refractivity contribution in [3.8, 4) is 0 Å². The molecular weight excluding hydrogens is 309 g/mol. The lowest BCUT2D eigenvalue weighted by Crippen LogP contribution is -2.27. The standard InChI is InChI=1S/C15H13BrFNO/c16-13(11-6-2-1-3-7-11)10-18-15(19)12-8-4-5-9-14(12)17/h1-9,13H,10H2,(H,18,19). The van der Waals surface area contributed by atoms with E-state index in [4.69, 9.17) is 0 Å². The number of carbonyl (C=O) groups is 1. The monoisotopic (exact) mass is 321 g/mol. The van der Waals surface area contributed by atoms with E-state index in [1.807, 2.05) is 30.3 Å². The fraction of sp³-hybridized carbons (Fsp3) is 0.133. The Morgan fingerprint density at radius 1 is 1.11 bits per heavy atom. The molecule has 0 aliphatic rings. The summed E-state index contributed by atoms with van der Waals surface area (Å²) in [5.74, 6) is -0.913. The first kappa shape index (κ1) is 13.7. The van der Waals surface area contributed by atoms with Crippen LogP contribution < -0.4 is 5.32 Å². The number of nitrogens with one attached hydrogen (secondary N) is 1. The van der Waals surface area contributed by atoms with Crippen LogP contribution in [0.4, 0.5) is 4.39 Å². The highest BCUT2D eigenvalue weighted by Gasteiger charge is 2.13. The Balaban J connectivity index is 1.96. The lowest BCUT2D eigenvalue weighted by molar-refractivity contribution is 0.0950. The number of amides is 1. The van der Waals surface area contributed by atoms with Crippen LogP contribution in [0.25, 0.3) is 0 Å². The molecule has 0 aromatic heterocycles. The lowest BCUT2D eigenvalue weighted by atomic mass is 10.1. The van der Waals surface area contributed by atoms with Crippen molar-refractivity contribution in [1.82, 2.24) is 5.32 Å². The Hall–Kier alpha value is -1.68. The van der Waals surface area contributed by atoms with E-state index in [1.54, 1.807) is 12.1 Å². The van der Waals surface area contributed by atoms with E-state index in [1.165, 1.54) is 12.1 Å². The Labute approximate surface area is 119 Å². The maximum absolute atomic E-state index is 13.4. The Kier molecular flexibility index (Phi) is 4.68. The molecule has 1 atom stereocenters. The quantitative estimate of drug-likeness (QED) is 0.855. The molecule has 1 unspecified atom stereocenters. The van der Waals surface area contributed by atoms with Gasteiger partial charge >= 0.3 is 0 Å². The first-order valence-corrected chi connectivity index (χ1v) is 6.82. The third-order valence-electron chi connectivity index (χ3n) is 2.72. The predicted molar refractivity (Wildman–Crippen MR) is 76.8 cm³/mol. The zero-order valence-electron chi connectivity index (χ0n) is 10.1. The molecule has 0 aliphatic heterocycles. The highest BCUT2D eigenvalue weighted by Crippen LogP contribution is 2.21. The molecule has 2 aromatic carbocycles. The van der Waals surface area contributed by atoms with Crippen LogP contribution in [-0.4, -0.2) is 12.5 Å². The average molecular weight is 322 g/mol. The first-order valence-electron chi connectivity index (χ1n) is 5.90. The van der Waals surface area contributed by atoms with Crippen LogP contribution in [0.15, 0.2) is 54.6 Å². The van der Waals surface area contributed by atoms with E-state index < -0.39 is 11.7 Å². The van der Waals surface area contributed by atoms with E-state index in [-0.39, 0.29) is 10.4 Å². The van der Waals surface area contributed by atoms with E-state index in [0.717, 1.165) is 5.56 Å². The third-order valence-corrected chi connectivity index (χ3v) is 3.57. The number of carbonyl (C=O) groups excluding carboxylic acids is 1. The van der Waals surface area contributed by atoms with Crippen LogP contribution in [-0.2, 0) is 0 Å². The second-order valence-electron chi connectivity index (χ2n) is 4.07. The summed E-state index contributed by atoms with van der Waals surface area (Å²) in [5.41, 5.74) is 1.13. The van der Waals surface area contributed by atoms with E-state index in [2.05, 4.69) is 21.2 Å². The number of benzene rings is 2. The zero-order chi connectivity index (χ0) is 13.7. The van der Waals surface area contributed by atoms with Gasteiger partial charge in [-0.25, -0.2) is 4.39 Å². The molecule has 0 saturated heterocycles. The SMILES string of the molecule is O=C(NCC(Br)c1ccccc1)c1ccccc1F. The van der Waals surface area contributed by atoms with Gasteiger partial charge in [0.25, 0.3) is 5.91 Å². The van der Waals surface area contributed by atoms with Crippen LogP contribution in [0.3, 0.4) is 0 Å². The molecule has 2 aromatic rings. The summed E-state index contributed by atoms with van der Waals surface area (Å²) >= 11 is 3.50. The Bertz CT molecular complexity index is 559. The van der Waals surface area contributed by atoms with Crippen molar-refractivity contribution in [1.29, 1.82) is 0 Å². The van der Waals surface area contributed by atoms with Crippen LogP contribution in [0.1, 0.15) is 20.7 Å². The number of rotatable bonds is 4. The van der Waals surface area contributed by atoms with Gasteiger partial charge in [0.1, 0.15) is 5.82 Å². The van der Waals surface area contributed by atoms with Crippen molar-refractivity contribution >= 4 is 21.8 Å². The molecule has 0 fully saturated rings. The summed E-state index contributed by atoms with van der Waals surface area (Å²) in [6.07, 6.45) is 0. The summed E-state index contributed by atoms with van der Waals surface area (Å²) in [4.78, 5) is 11.8. The van der Waals surface area contributed by atoms with Gasteiger partial charge in [0.05, 0.1) is 10.4 Å². The maximum Gasteiger partial charge on any atom is 0.254 e. The average Bonchev–Trinajstić information content (AvgIpc) is 2.46. The van der Waals surface area contributed by atoms with Gasteiger partial charge < -0.3 is 5.32 Å². The van der Waals surface area contributed by atoms with Gasteiger partial charge in [-0.2, -0.15) is 0 Å². The normalized spacial score (nSPS) is 11.9. The van der Waals surface area contributed by atoms with Crippen molar-refractivity contribution in [2.24, 2.45) is 0 Å². The highest BCUT2D eigenvalue weighted by atomic mass is 79.9. The summed E-state index contributed by atoms with van der Waals surface area (Å²) in [6, 6.07) is 15.7. The van der Waals surface area contributed by atoms with Crippen LogP contribution in [0, 0.1) is 5.82 Å². The molecule has 0 heterocycles. The largest absolute Gasteiger partial charge is 0.350 e. The molecule has 1 amide bonds. The van der Waals surface area contributed by atoms with Crippen LogP contribution in [0.5, 0.6) is 0 Å². The van der Waals surface area contributed by atoms with E-state index in [9.17, 15) is 9.18 Å². The molecule has 98 valence electrons. The first-order chi connectivity index (χ1) is 9.18. The number of halogens is 2. The van der Waals surface area contributed by atoms with Crippen molar-refractivity contribution in [2.75, 3.05) is 6.54 Å². The molecule has 2 rings (SSSR count). The van der Waals surface area contributed by atoms with Gasteiger partial charge in [-0.3, -0.25) is 4.79 Å². The van der Waals surface area contributed by atoms with E-state index in [0.29, 0.717) is 6.54 Å². The van der Waals surface area contributed by atoms with Crippen LogP contribution >= 0.6 is 15.9 Å². The molecule has 1 N–H and O–H groups in total. The second-order valence-corrected chi connectivity index (χ2v) is 5.17. The molecule has 0 radical (unpaired) electrons. The Morgan fingerprint density at radius 3 is 2.42 bits per heavy atom. The van der Waals surface area contributed by atoms with Gasteiger partial charge in [-0.1, -0.05) is 58.4 Å². The van der Waals surface area contributed by atoms with Crippen LogP contribution in [0.2, 0.25) is 0 Å². The number of alkyl halides is 1. The van der Waals surface area contributed by atoms with Crippen molar-refractivity contribution in [3.05, 3.63) is 71.5 Å². The number of hydrogen-bond donors (Lipinski definition) is 1. The van der Waals surface area contributed by atoms with Crippen molar-refractivity contribution in [3.63, 3.8) is 0 Å². The van der Waals surface area contributed by atoms with Gasteiger partial charge in [-0.15, -0.1) is 0 Å². The minimum absolute atomic E-state index is 0.00410. The second kappa shape index (κ2) is 6.48. The minimum atomic E-state index is -0.508. The van der Waals surface area contributed by atoms with Gasteiger partial charge in [-0.05, 0) is 17.7 Å². The van der Waals surface area contributed by atoms with Crippen molar-refractivity contribution < 1.29 is 9.18 Å². The van der Waals surface area contributed by atoms with Gasteiger partial charge in [0.15, 0.2) is 0 Å². The summed E-state index contributed by atoms with van der Waals surface area (Å²) in [6.45, 7) is 0.400. The fourth-order valence-electron chi connectivity index (χ4n) is 1.70. The molecule has 0 aliphatic carbocycles. The molecular formula is C15H13BrFNO. The summed E-state index contributed by atoms with van der Waals surface area (Å²) in [7, 11) is 0. The molecule has 0 spiro atoms. The molecule has 0 bridgehead atoms. The minimum Gasteiger partial charge on any atom is -0.350 e. The summed E-state index contributed by atoms with van der Waals surface area (Å²) in [5, 5.41) is 2.71. The van der Waals surface area contributed by atoms with Gasteiger partial charge in [0, 0.05) is 6.54 Å².